The highest BCUT2D eigenvalue weighted by Gasteiger charge is 2.33. The van der Waals surface area contributed by atoms with Gasteiger partial charge in [-0.2, -0.15) is 0 Å². The molecular formula is C13H27N3O. The molecule has 2 rings (SSSR count). The Hall–Kier alpha value is -0.160. The number of nitrogens with two attached hydrogens (primary N) is 1. The van der Waals surface area contributed by atoms with Gasteiger partial charge in [0.2, 0.25) is 0 Å². The fraction of sp³-hybridized carbons (Fsp3) is 1.00. The fourth-order valence-corrected chi connectivity index (χ4v) is 3.38. The second-order valence-corrected chi connectivity index (χ2v) is 5.72. The molecule has 4 nitrogen and oxygen atoms in total. The van der Waals surface area contributed by atoms with Crippen molar-refractivity contribution in [2.24, 2.45) is 11.7 Å². The SMILES string of the molecule is CN1CCCC2CN(CCC(O)CN)CCC21. The zero-order valence-corrected chi connectivity index (χ0v) is 11.0. The van der Waals surface area contributed by atoms with E-state index in [1.807, 2.05) is 0 Å². The number of nitrogens with zero attached hydrogens (tertiary/aromatic N) is 2. The van der Waals surface area contributed by atoms with E-state index in [0.29, 0.717) is 6.54 Å². The molecule has 100 valence electrons. The number of piperidine rings is 2. The largest absolute Gasteiger partial charge is 0.392 e. The number of hydrogen-bond acceptors (Lipinski definition) is 4. The second kappa shape index (κ2) is 6.14. The normalized spacial score (nSPS) is 33.4. The Morgan fingerprint density at radius 3 is 2.94 bits per heavy atom. The molecule has 2 aliphatic rings. The smallest absolute Gasteiger partial charge is 0.0674 e. The molecule has 4 heteroatoms. The summed E-state index contributed by atoms with van der Waals surface area (Å²) in [5.41, 5.74) is 5.44. The van der Waals surface area contributed by atoms with E-state index >= 15 is 0 Å². The van der Waals surface area contributed by atoms with Gasteiger partial charge in [-0.05, 0) is 51.7 Å². The van der Waals surface area contributed by atoms with E-state index < -0.39 is 0 Å². The molecule has 0 amide bonds. The predicted molar refractivity (Wildman–Crippen MR) is 69.9 cm³/mol. The predicted octanol–water partition coefficient (Wildman–Crippen LogP) is 0.112. The minimum Gasteiger partial charge on any atom is -0.392 e. The number of rotatable bonds is 4. The summed E-state index contributed by atoms with van der Waals surface area (Å²) in [6, 6.07) is 0.805. The maximum absolute atomic E-state index is 9.50. The number of hydrogen-bond donors (Lipinski definition) is 2. The van der Waals surface area contributed by atoms with Gasteiger partial charge in [-0.15, -0.1) is 0 Å². The molecule has 0 bridgehead atoms. The first-order chi connectivity index (χ1) is 8.20. The minimum atomic E-state index is -0.318. The van der Waals surface area contributed by atoms with Crippen LogP contribution in [0.2, 0.25) is 0 Å². The molecule has 3 N–H and O–H groups in total. The van der Waals surface area contributed by atoms with Crippen molar-refractivity contribution in [3.63, 3.8) is 0 Å². The molecule has 2 aliphatic heterocycles. The van der Waals surface area contributed by atoms with Crippen LogP contribution in [0.25, 0.3) is 0 Å². The van der Waals surface area contributed by atoms with Crippen LogP contribution in [-0.2, 0) is 0 Å². The molecule has 0 radical (unpaired) electrons. The van der Waals surface area contributed by atoms with Crippen molar-refractivity contribution in [2.75, 3.05) is 39.8 Å². The van der Waals surface area contributed by atoms with Crippen LogP contribution in [0.4, 0.5) is 0 Å². The highest BCUT2D eigenvalue weighted by Crippen LogP contribution is 2.29. The lowest BCUT2D eigenvalue weighted by molar-refractivity contribution is 0.0325. The molecule has 3 unspecified atom stereocenters. The Kier molecular flexibility index (Phi) is 4.79. The zero-order chi connectivity index (χ0) is 12.3. The van der Waals surface area contributed by atoms with Gasteiger partial charge >= 0.3 is 0 Å². The summed E-state index contributed by atoms with van der Waals surface area (Å²) in [6.07, 6.45) is 4.52. The van der Waals surface area contributed by atoms with Crippen molar-refractivity contribution in [1.82, 2.24) is 9.80 Å². The van der Waals surface area contributed by atoms with Crippen LogP contribution in [0.3, 0.4) is 0 Å². The highest BCUT2D eigenvalue weighted by molar-refractivity contribution is 4.89. The van der Waals surface area contributed by atoms with Crippen molar-refractivity contribution in [2.45, 2.75) is 37.8 Å². The monoisotopic (exact) mass is 241 g/mol. The fourth-order valence-electron chi connectivity index (χ4n) is 3.38. The van der Waals surface area contributed by atoms with Gasteiger partial charge in [0.1, 0.15) is 0 Å². The number of aliphatic hydroxyl groups is 1. The summed E-state index contributed by atoms with van der Waals surface area (Å²) in [4.78, 5) is 5.06. The van der Waals surface area contributed by atoms with Crippen molar-refractivity contribution in [3.8, 4) is 0 Å². The van der Waals surface area contributed by atoms with Crippen LogP contribution in [0.1, 0.15) is 25.7 Å². The van der Waals surface area contributed by atoms with Gasteiger partial charge in [-0.3, -0.25) is 0 Å². The van der Waals surface area contributed by atoms with Crippen molar-refractivity contribution in [1.29, 1.82) is 0 Å². The Morgan fingerprint density at radius 1 is 1.35 bits per heavy atom. The molecule has 17 heavy (non-hydrogen) atoms. The van der Waals surface area contributed by atoms with E-state index in [0.717, 1.165) is 24.9 Å². The summed E-state index contributed by atoms with van der Waals surface area (Å²) < 4.78 is 0. The lowest BCUT2D eigenvalue weighted by Gasteiger charge is -2.46. The Balaban J connectivity index is 1.77. The molecular weight excluding hydrogens is 214 g/mol. The van der Waals surface area contributed by atoms with Crippen LogP contribution < -0.4 is 5.73 Å². The van der Waals surface area contributed by atoms with Crippen LogP contribution in [0, 0.1) is 5.92 Å². The van der Waals surface area contributed by atoms with Gasteiger partial charge in [0.25, 0.3) is 0 Å². The Bertz CT molecular complexity index is 237. The van der Waals surface area contributed by atoms with Crippen LogP contribution in [0.5, 0.6) is 0 Å². The quantitative estimate of drug-likeness (QED) is 0.734. The number of likely N-dealkylation sites (tertiary alicyclic amines) is 2. The summed E-state index contributed by atoms with van der Waals surface area (Å²) in [6.45, 7) is 5.07. The van der Waals surface area contributed by atoms with Crippen molar-refractivity contribution < 1.29 is 5.11 Å². The molecule has 0 aromatic rings. The Morgan fingerprint density at radius 2 is 2.18 bits per heavy atom. The lowest BCUT2D eigenvalue weighted by atomic mass is 9.84. The van der Waals surface area contributed by atoms with Crippen LogP contribution >= 0.6 is 0 Å². The van der Waals surface area contributed by atoms with E-state index in [1.54, 1.807) is 0 Å². The zero-order valence-electron chi connectivity index (χ0n) is 11.0. The second-order valence-electron chi connectivity index (χ2n) is 5.72. The van der Waals surface area contributed by atoms with Crippen LogP contribution in [0.15, 0.2) is 0 Å². The van der Waals surface area contributed by atoms with Crippen molar-refractivity contribution >= 4 is 0 Å². The lowest BCUT2D eigenvalue weighted by Crippen LogP contribution is -2.53. The molecule has 2 saturated heterocycles. The summed E-state index contributed by atoms with van der Waals surface area (Å²) >= 11 is 0. The molecule has 2 heterocycles. The van der Waals surface area contributed by atoms with Gasteiger partial charge in [0.15, 0.2) is 0 Å². The first kappa shape index (κ1) is 13.3. The number of fused-ring (bicyclic) bond motifs is 1. The number of aliphatic hydroxyl groups excluding tert-OH is 1. The Labute approximate surface area is 105 Å². The van der Waals surface area contributed by atoms with E-state index in [9.17, 15) is 5.11 Å². The van der Waals surface area contributed by atoms with Gasteiger partial charge in [0, 0.05) is 25.7 Å². The first-order valence-electron chi connectivity index (χ1n) is 7.01. The van der Waals surface area contributed by atoms with Gasteiger partial charge < -0.3 is 20.6 Å². The third-order valence-corrected chi connectivity index (χ3v) is 4.48. The molecule has 0 aromatic heterocycles. The van der Waals surface area contributed by atoms with Crippen LogP contribution in [-0.4, -0.2) is 66.8 Å². The van der Waals surface area contributed by atoms with E-state index in [2.05, 4.69) is 16.8 Å². The van der Waals surface area contributed by atoms with Gasteiger partial charge in [0.05, 0.1) is 6.10 Å². The average molecular weight is 241 g/mol. The first-order valence-corrected chi connectivity index (χ1v) is 7.01. The van der Waals surface area contributed by atoms with Gasteiger partial charge in [-0.25, -0.2) is 0 Å². The van der Waals surface area contributed by atoms with Gasteiger partial charge in [-0.1, -0.05) is 0 Å². The molecule has 0 spiro atoms. The standard InChI is InChI=1S/C13H27N3O/c1-15-6-2-3-11-10-16(8-5-13(11)15)7-4-12(17)9-14/h11-13,17H,2-10,14H2,1H3. The highest BCUT2D eigenvalue weighted by atomic mass is 16.3. The average Bonchev–Trinajstić information content (AvgIpc) is 2.36. The summed E-state index contributed by atoms with van der Waals surface area (Å²) in [7, 11) is 2.27. The van der Waals surface area contributed by atoms with E-state index in [4.69, 9.17) is 5.73 Å². The maximum atomic E-state index is 9.50. The molecule has 0 saturated carbocycles. The van der Waals surface area contributed by atoms with Crippen molar-refractivity contribution in [3.05, 3.63) is 0 Å². The summed E-state index contributed by atoms with van der Waals surface area (Å²) in [5.74, 6) is 0.845. The third-order valence-electron chi connectivity index (χ3n) is 4.48. The molecule has 3 atom stereocenters. The molecule has 2 fully saturated rings. The third kappa shape index (κ3) is 3.41. The minimum absolute atomic E-state index is 0.318. The molecule has 0 aliphatic carbocycles. The maximum Gasteiger partial charge on any atom is 0.0674 e. The summed E-state index contributed by atoms with van der Waals surface area (Å²) in [5, 5.41) is 9.50. The molecule has 0 aromatic carbocycles. The topological polar surface area (TPSA) is 52.7 Å². The van der Waals surface area contributed by atoms with E-state index in [-0.39, 0.29) is 6.10 Å². The van der Waals surface area contributed by atoms with E-state index in [1.165, 1.54) is 38.9 Å².